The van der Waals surface area contributed by atoms with Gasteiger partial charge in [0, 0.05) is 43.7 Å². The number of halogens is 6. The molecule has 0 spiro atoms. The van der Waals surface area contributed by atoms with Crippen molar-refractivity contribution in [1.29, 1.82) is 0 Å². The van der Waals surface area contributed by atoms with Gasteiger partial charge in [0.15, 0.2) is 5.69 Å². The van der Waals surface area contributed by atoms with Crippen molar-refractivity contribution in [3.05, 3.63) is 28.7 Å². The number of pyridine rings is 1. The molecule has 0 bridgehead atoms. The van der Waals surface area contributed by atoms with Gasteiger partial charge < -0.3 is 10.1 Å². The summed E-state index contributed by atoms with van der Waals surface area (Å²) in [6.45, 7) is -0.202. The van der Waals surface area contributed by atoms with E-state index in [1.165, 1.54) is 10.9 Å². The molecule has 0 radical (unpaired) electrons. The Morgan fingerprint density at radius 2 is 1.90 bits per heavy atom. The number of aromatic nitrogens is 3. The molecule has 1 saturated carbocycles. The molecular weight excluding hydrogens is 571 g/mol. The van der Waals surface area contributed by atoms with Crippen molar-refractivity contribution in [2.45, 2.75) is 70.5 Å². The van der Waals surface area contributed by atoms with Crippen LogP contribution in [0.5, 0.6) is 5.75 Å². The van der Waals surface area contributed by atoms with Crippen LogP contribution in [0.15, 0.2) is 12.3 Å². The summed E-state index contributed by atoms with van der Waals surface area (Å²) in [5, 5.41) is 6.41. The zero-order valence-electron chi connectivity index (χ0n) is 21.6. The van der Waals surface area contributed by atoms with Gasteiger partial charge in [-0.2, -0.15) is 27.1 Å². The van der Waals surface area contributed by atoms with Gasteiger partial charge in [0.2, 0.25) is 0 Å². The third-order valence-electron chi connectivity index (χ3n) is 6.83. The fourth-order valence-corrected chi connectivity index (χ4v) is 6.00. The molecule has 1 atom stereocenters. The van der Waals surface area contributed by atoms with Gasteiger partial charge in [-0.1, -0.05) is 18.5 Å². The smallest absolute Gasteiger partial charge is 0.391 e. The van der Waals surface area contributed by atoms with Crippen molar-refractivity contribution >= 4 is 27.3 Å². The molecule has 0 unspecified atom stereocenters. The maximum atomic E-state index is 13.2. The Balaban J connectivity index is 1.83. The Hall–Kier alpha value is -2.48. The molecule has 218 valence electrons. The van der Waals surface area contributed by atoms with Crippen molar-refractivity contribution < 1.29 is 39.9 Å². The molecule has 1 fully saturated rings. The summed E-state index contributed by atoms with van der Waals surface area (Å²) in [6.07, 6.45) is -0.494. The Morgan fingerprint density at radius 1 is 1.26 bits per heavy atom. The topological polar surface area (TPSA) is 103 Å². The van der Waals surface area contributed by atoms with Gasteiger partial charge in [-0.05, 0) is 38.5 Å². The van der Waals surface area contributed by atoms with Crippen molar-refractivity contribution in [3.63, 3.8) is 0 Å². The summed E-state index contributed by atoms with van der Waals surface area (Å²) in [7, 11) is -3.12. The van der Waals surface area contributed by atoms with Crippen molar-refractivity contribution in [3.8, 4) is 17.0 Å². The Labute approximate surface area is 228 Å². The molecular formula is C24H30ClF5N4O4S. The predicted molar refractivity (Wildman–Crippen MR) is 135 cm³/mol. The highest BCUT2D eigenvalue weighted by molar-refractivity contribution is 7.91. The minimum absolute atomic E-state index is 0.0524. The highest BCUT2D eigenvalue weighted by Crippen LogP contribution is 2.38. The molecule has 2 heterocycles. The maximum absolute atomic E-state index is 13.2. The minimum atomic E-state index is -4.50. The second kappa shape index (κ2) is 12.4. The number of carbonyl (C=O) groups is 1. The average molecular weight is 601 g/mol. The van der Waals surface area contributed by atoms with E-state index in [1.807, 2.05) is 0 Å². The Bertz CT molecular complexity index is 1280. The van der Waals surface area contributed by atoms with Gasteiger partial charge in [-0.3, -0.25) is 14.5 Å². The molecule has 39 heavy (non-hydrogen) atoms. The molecule has 1 amide bonds. The Kier molecular flexibility index (Phi) is 9.84. The lowest BCUT2D eigenvalue weighted by molar-refractivity contribution is -0.169. The zero-order chi connectivity index (χ0) is 29.1. The van der Waals surface area contributed by atoms with Crippen LogP contribution in [0, 0.1) is 11.8 Å². The Morgan fingerprint density at radius 3 is 2.44 bits per heavy atom. The number of nitrogens with one attached hydrogen (secondary N) is 1. The normalized spacial score (nSPS) is 19.2. The lowest BCUT2D eigenvalue weighted by Gasteiger charge is -2.27. The minimum Gasteiger partial charge on any atom is -0.434 e. The number of hydrogen-bond donors (Lipinski definition) is 1. The van der Waals surface area contributed by atoms with Crippen LogP contribution in [0.1, 0.15) is 55.7 Å². The van der Waals surface area contributed by atoms with Crippen LogP contribution in [0.3, 0.4) is 0 Å². The van der Waals surface area contributed by atoms with Crippen LogP contribution in [0.25, 0.3) is 11.3 Å². The molecule has 0 saturated heterocycles. The first-order chi connectivity index (χ1) is 18.1. The summed E-state index contributed by atoms with van der Waals surface area (Å²) >= 11 is 6.49. The second-order valence-electron chi connectivity index (χ2n) is 9.71. The first kappa shape index (κ1) is 31.1. The van der Waals surface area contributed by atoms with Gasteiger partial charge in [0.1, 0.15) is 15.6 Å². The lowest BCUT2D eigenvalue weighted by Crippen LogP contribution is -2.34. The van der Waals surface area contributed by atoms with E-state index in [4.69, 9.17) is 11.6 Å². The summed E-state index contributed by atoms with van der Waals surface area (Å²) in [5.74, 6) is -2.76. The van der Waals surface area contributed by atoms with Gasteiger partial charge in [0.25, 0.3) is 5.91 Å². The molecule has 1 aliphatic rings. The number of aryl methyl sites for hydroxylation is 1. The second-order valence-corrected chi connectivity index (χ2v) is 12.4. The van der Waals surface area contributed by atoms with E-state index in [1.54, 1.807) is 6.92 Å². The molecule has 15 heteroatoms. The standard InChI is InChI=1S/C24H30ClF5N4O4S/c1-4-34-21(17-12-31-15(9-13(2)24(28,29)30)10-18(17)38-23(26)27)19(25)20(33-34)22(35)32-11-14-5-7-16(8-6-14)39(3,36)37/h10,12-14,16,23H,4-9,11H2,1-3H3,(H,32,35)/t13-,14?,16?/m0/s1. The number of nitrogens with zero attached hydrogens (tertiary/aromatic N) is 3. The van der Waals surface area contributed by atoms with Gasteiger partial charge in [-0.25, -0.2) is 8.42 Å². The zero-order valence-corrected chi connectivity index (χ0v) is 23.1. The molecule has 0 aliphatic heterocycles. The molecule has 1 N–H and O–H groups in total. The number of alkyl halides is 5. The van der Waals surface area contributed by atoms with Crippen LogP contribution in [-0.2, 0) is 22.8 Å². The predicted octanol–water partition coefficient (Wildman–Crippen LogP) is 5.29. The number of amides is 1. The molecule has 1 aliphatic carbocycles. The van der Waals surface area contributed by atoms with E-state index >= 15 is 0 Å². The summed E-state index contributed by atoms with van der Waals surface area (Å²) < 4.78 is 94.8. The monoisotopic (exact) mass is 600 g/mol. The van der Waals surface area contributed by atoms with Crippen LogP contribution < -0.4 is 10.1 Å². The van der Waals surface area contributed by atoms with E-state index in [9.17, 15) is 35.2 Å². The largest absolute Gasteiger partial charge is 0.434 e. The van der Waals surface area contributed by atoms with Crippen LogP contribution in [-0.4, -0.2) is 59.9 Å². The number of hydrogen-bond acceptors (Lipinski definition) is 6. The van der Waals surface area contributed by atoms with Gasteiger partial charge >= 0.3 is 12.8 Å². The first-order valence-electron chi connectivity index (χ1n) is 12.4. The average Bonchev–Trinajstić information content (AvgIpc) is 3.17. The molecule has 0 aromatic carbocycles. The fraction of sp³-hybridized carbons (Fsp3) is 0.625. The van der Waals surface area contributed by atoms with Crippen molar-refractivity contribution in [1.82, 2.24) is 20.1 Å². The summed E-state index contributed by atoms with van der Waals surface area (Å²) in [5.41, 5.74) is -0.287. The fourth-order valence-electron chi connectivity index (χ4n) is 4.55. The summed E-state index contributed by atoms with van der Waals surface area (Å²) in [6, 6.07) is 1.000. The third kappa shape index (κ3) is 7.80. The van der Waals surface area contributed by atoms with E-state index in [0.717, 1.165) is 19.2 Å². The number of carbonyl (C=O) groups excluding carboxylic acids is 1. The van der Waals surface area contributed by atoms with Gasteiger partial charge in [-0.15, -0.1) is 0 Å². The lowest BCUT2D eigenvalue weighted by atomic mass is 9.89. The van der Waals surface area contributed by atoms with E-state index in [2.05, 4.69) is 20.1 Å². The third-order valence-corrected chi connectivity index (χ3v) is 8.87. The van der Waals surface area contributed by atoms with E-state index in [0.29, 0.717) is 25.7 Å². The van der Waals surface area contributed by atoms with E-state index < -0.39 is 46.6 Å². The highest BCUT2D eigenvalue weighted by Gasteiger charge is 2.36. The molecule has 2 aromatic heterocycles. The number of rotatable bonds is 10. The van der Waals surface area contributed by atoms with Crippen LogP contribution in [0.2, 0.25) is 5.02 Å². The van der Waals surface area contributed by atoms with Crippen molar-refractivity contribution in [2.75, 3.05) is 12.8 Å². The maximum Gasteiger partial charge on any atom is 0.391 e. The van der Waals surface area contributed by atoms with Crippen LogP contribution >= 0.6 is 11.6 Å². The van der Waals surface area contributed by atoms with Gasteiger partial charge in [0.05, 0.1) is 27.4 Å². The molecule has 8 nitrogen and oxygen atoms in total. The van der Waals surface area contributed by atoms with E-state index in [-0.39, 0.29) is 51.9 Å². The SMILES string of the molecule is CCn1nc(C(=O)NCC2CCC(S(C)(=O)=O)CC2)c(Cl)c1-c1cnc(C[C@H](C)C(F)(F)F)cc1OC(F)F. The van der Waals surface area contributed by atoms with Crippen molar-refractivity contribution in [2.24, 2.45) is 11.8 Å². The first-order valence-corrected chi connectivity index (χ1v) is 14.7. The number of ether oxygens (including phenoxy) is 1. The quantitative estimate of drug-likeness (QED) is 0.372. The highest BCUT2D eigenvalue weighted by atomic mass is 35.5. The number of sulfone groups is 1. The molecule has 2 aromatic rings. The molecule has 3 rings (SSSR count). The van der Waals surface area contributed by atoms with Crippen LogP contribution in [0.4, 0.5) is 22.0 Å². The summed E-state index contributed by atoms with van der Waals surface area (Å²) in [4.78, 5) is 16.9.